The largest absolute Gasteiger partial charge is 0.260 e. The molecule has 0 aliphatic rings. The molecule has 3 aromatic rings. The van der Waals surface area contributed by atoms with Gasteiger partial charge in [0.1, 0.15) is 0 Å². The van der Waals surface area contributed by atoms with Crippen LogP contribution in [0.15, 0.2) is 65.8 Å². The van der Waals surface area contributed by atoms with Crippen LogP contribution in [0.3, 0.4) is 0 Å². The van der Waals surface area contributed by atoms with Crippen LogP contribution in [0.2, 0.25) is 0 Å². The van der Waals surface area contributed by atoms with Gasteiger partial charge >= 0.3 is 0 Å². The summed E-state index contributed by atoms with van der Waals surface area (Å²) in [6, 6.07) is 18.3. The van der Waals surface area contributed by atoms with Gasteiger partial charge in [-0.2, -0.15) is 0 Å². The van der Waals surface area contributed by atoms with Crippen LogP contribution in [0, 0.1) is 0 Å². The number of thioether (sulfide) groups is 1. The highest BCUT2D eigenvalue weighted by atomic mass is 32.2. The lowest BCUT2D eigenvalue weighted by Crippen LogP contribution is -1.86. The average Bonchev–Trinajstić information content (AvgIpc) is 2.46. The second kappa shape index (κ2) is 5.19. The van der Waals surface area contributed by atoms with Gasteiger partial charge in [0.25, 0.3) is 0 Å². The number of nitrogens with zero attached hydrogens (tertiary/aromatic N) is 2. The van der Waals surface area contributed by atoms with Crippen LogP contribution in [-0.4, -0.2) is 9.97 Å². The Hall–Kier alpha value is -1.87. The predicted molar refractivity (Wildman–Crippen MR) is 75.5 cm³/mol. The first-order valence-corrected chi connectivity index (χ1v) is 6.79. The molecule has 3 heteroatoms. The van der Waals surface area contributed by atoms with Gasteiger partial charge in [0, 0.05) is 17.3 Å². The SMILES string of the molecule is c1ccc(CSc2ccc3ccccc3n2)nc1. The Morgan fingerprint density at radius 2 is 1.78 bits per heavy atom. The molecule has 0 bridgehead atoms. The summed E-state index contributed by atoms with van der Waals surface area (Å²) in [6.07, 6.45) is 1.82. The van der Waals surface area contributed by atoms with Crippen LogP contribution in [0.1, 0.15) is 5.69 Å². The number of aromatic nitrogens is 2. The first-order valence-electron chi connectivity index (χ1n) is 5.80. The Morgan fingerprint density at radius 1 is 0.889 bits per heavy atom. The average molecular weight is 252 g/mol. The molecular weight excluding hydrogens is 240 g/mol. The Kier molecular flexibility index (Phi) is 3.24. The van der Waals surface area contributed by atoms with E-state index >= 15 is 0 Å². The van der Waals surface area contributed by atoms with Gasteiger partial charge in [-0.05, 0) is 24.3 Å². The third-order valence-corrected chi connectivity index (χ3v) is 3.63. The molecule has 88 valence electrons. The molecule has 0 saturated carbocycles. The van der Waals surface area contributed by atoms with E-state index < -0.39 is 0 Å². The van der Waals surface area contributed by atoms with Crippen molar-refractivity contribution >= 4 is 22.7 Å². The van der Waals surface area contributed by atoms with E-state index in [1.807, 2.05) is 42.6 Å². The maximum Gasteiger partial charge on any atom is 0.0971 e. The molecule has 0 amide bonds. The number of hydrogen-bond donors (Lipinski definition) is 0. The fourth-order valence-electron chi connectivity index (χ4n) is 1.76. The molecular formula is C15H12N2S. The summed E-state index contributed by atoms with van der Waals surface area (Å²) >= 11 is 1.71. The summed E-state index contributed by atoms with van der Waals surface area (Å²) in [7, 11) is 0. The Labute approximate surface area is 110 Å². The normalized spacial score (nSPS) is 10.7. The summed E-state index contributed by atoms with van der Waals surface area (Å²) in [5.41, 5.74) is 2.13. The molecule has 0 unspecified atom stereocenters. The molecule has 2 aromatic heterocycles. The van der Waals surface area contributed by atoms with Crippen LogP contribution in [0.4, 0.5) is 0 Å². The topological polar surface area (TPSA) is 25.8 Å². The van der Waals surface area contributed by atoms with E-state index in [2.05, 4.69) is 28.2 Å². The van der Waals surface area contributed by atoms with Gasteiger partial charge in [-0.15, -0.1) is 11.8 Å². The zero-order valence-electron chi connectivity index (χ0n) is 9.78. The quantitative estimate of drug-likeness (QED) is 0.661. The molecule has 2 nitrogen and oxygen atoms in total. The molecule has 0 spiro atoms. The van der Waals surface area contributed by atoms with Crippen LogP contribution in [0.5, 0.6) is 0 Å². The summed E-state index contributed by atoms with van der Waals surface area (Å²) in [5.74, 6) is 0.853. The Bertz CT molecular complexity index is 653. The number of pyridine rings is 2. The summed E-state index contributed by atoms with van der Waals surface area (Å²) in [5, 5.41) is 2.22. The van der Waals surface area contributed by atoms with Gasteiger partial charge in [0.15, 0.2) is 0 Å². The van der Waals surface area contributed by atoms with Gasteiger partial charge in [-0.3, -0.25) is 4.98 Å². The number of rotatable bonds is 3. The lowest BCUT2D eigenvalue weighted by Gasteiger charge is -2.02. The number of benzene rings is 1. The summed E-state index contributed by atoms with van der Waals surface area (Å²) < 4.78 is 0. The molecule has 0 saturated heterocycles. The zero-order chi connectivity index (χ0) is 12.2. The molecule has 1 aromatic carbocycles. The summed E-state index contributed by atoms with van der Waals surface area (Å²) in [6.45, 7) is 0. The predicted octanol–water partition coefficient (Wildman–Crippen LogP) is 3.92. The maximum absolute atomic E-state index is 4.63. The Morgan fingerprint density at radius 3 is 2.67 bits per heavy atom. The van der Waals surface area contributed by atoms with Crippen molar-refractivity contribution in [2.75, 3.05) is 0 Å². The fourth-order valence-corrected chi connectivity index (χ4v) is 2.55. The van der Waals surface area contributed by atoms with E-state index in [4.69, 9.17) is 0 Å². The molecule has 0 aliphatic heterocycles. The van der Waals surface area contributed by atoms with E-state index in [-0.39, 0.29) is 0 Å². The zero-order valence-corrected chi connectivity index (χ0v) is 10.6. The maximum atomic E-state index is 4.63. The molecule has 3 rings (SSSR count). The van der Waals surface area contributed by atoms with Crippen LogP contribution in [0.25, 0.3) is 10.9 Å². The lowest BCUT2D eigenvalue weighted by atomic mass is 10.2. The van der Waals surface area contributed by atoms with E-state index in [0.717, 1.165) is 22.0 Å². The van der Waals surface area contributed by atoms with Gasteiger partial charge in [0.05, 0.1) is 16.2 Å². The molecule has 2 heterocycles. The highest BCUT2D eigenvalue weighted by Gasteiger charge is 2.00. The third-order valence-electron chi connectivity index (χ3n) is 2.67. The van der Waals surface area contributed by atoms with Crippen molar-refractivity contribution in [2.45, 2.75) is 10.8 Å². The van der Waals surface area contributed by atoms with Gasteiger partial charge in [0.2, 0.25) is 0 Å². The molecule has 0 fully saturated rings. The first-order chi connectivity index (χ1) is 8.92. The van der Waals surface area contributed by atoms with Crippen LogP contribution in [-0.2, 0) is 5.75 Å². The van der Waals surface area contributed by atoms with Gasteiger partial charge in [-0.1, -0.05) is 30.3 Å². The minimum Gasteiger partial charge on any atom is -0.260 e. The highest BCUT2D eigenvalue weighted by Crippen LogP contribution is 2.22. The van der Waals surface area contributed by atoms with E-state index in [1.165, 1.54) is 5.39 Å². The van der Waals surface area contributed by atoms with Crippen LogP contribution >= 0.6 is 11.8 Å². The van der Waals surface area contributed by atoms with Crippen molar-refractivity contribution in [3.05, 3.63) is 66.5 Å². The van der Waals surface area contributed by atoms with Gasteiger partial charge in [-0.25, -0.2) is 4.98 Å². The molecule has 18 heavy (non-hydrogen) atoms. The van der Waals surface area contributed by atoms with E-state index in [1.54, 1.807) is 11.8 Å². The van der Waals surface area contributed by atoms with Crippen molar-refractivity contribution in [3.63, 3.8) is 0 Å². The van der Waals surface area contributed by atoms with Crippen LogP contribution < -0.4 is 0 Å². The molecule has 0 N–H and O–H groups in total. The highest BCUT2D eigenvalue weighted by molar-refractivity contribution is 7.98. The van der Waals surface area contributed by atoms with E-state index in [0.29, 0.717) is 0 Å². The fraction of sp³-hybridized carbons (Fsp3) is 0.0667. The minimum atomic E-state index is 0.853. The van der Waals surface area contributed by atoms with Crippen molar-refractivity contribution in [2.24, 2.45) is 0 Å². The number of hydrogen-bond acceptors (Lipinski definition) is 3. The summed E-state index contributed by atoms with van der Waals surface area (Å²) in [4.78, 5) is 8.93. The second-order valence-corrected chi connectivity index (χ2v) is 4.95. The van der Waals surface area contributed by atoms with E-state index in [9.17, 15) is 0 Å². The molecule has 0 atom stereocenters. The van der Waals surface area contributed by atoms with Crippen molar-refractivity contribution < 1.29 is 0 Å². The van der Waals surface area contributed by atoms with Crippen molar-refractivity contribution in [1.29, 1.82) is 0 Å². The van der Waals surface area contributed by atoms with Crippen molar-refractivity contribution in [1.82, 2.24) is 9.97 Å². The number of fused-ring (bicyclic) bond motifs is 1. The molecule has 0 radical (unpaired) electrons. The Balaban J connectivity index is 1.79. The lowest BCUT2D eigenvalue weighted by molar-refractivity contribution is 1.15. The number of para-hydroxylation sites is 1. The molecule has 0 aliphatic carbocycles. The monoisotopic (exact) mass is 252 g/mol. The first kappa shape index (κ1) is 11.2. The third kappa shape index (κ3) is 2.51. The smallest absolute Gasteiger partial charge is 0.0971 e. The minimum absolute atomic E-state index is 0.853. The standard InChI is InChI=1S/C15H12N2S/c1-2-7-14-12(5-1)8-9-15(17-14)18-11-13-6-3-4-10-16-13/h1-10H,11H2. The van der Waals surface area contributed by atoms with Gasteiger partial charge < -0.3 is 0 Å². The van der Waals surface area contributed by atoms with Crippen molar-refractivity contribution in [3.8, 4) is 0 Å². The second-order valence-electron chi connectivity index (χ2n) is 3.95.